The van der Waals surface area contributed by atoms with Crippen molar-refractivity contribution in [3.63, 3.8) is 0 Å². The van der Waals surface area contributed by atoms with Crippen LogP contribution < -0.4 is 0 Å². The van der Waals surface area contributed by atoms with E-state index in [0.29, 0.717) is 6.54 Å². The van der Waals surface area contributed by atoms with Crippen LogP contribution in [0.15, 0.2) is 42.7 Å². The van der Waals surface area contributed by atoms with Crippen LogP contribution in [0.4, 0.5) is 0 Å². The van der Waals surface area contributed by atoms with Gasteiger partial charge < -0.3 is 9.80 Å². The van der Waals surface area contributed by atoms with Crippen molar-refractivity contribution in [1.82, 2.24) is 24.6 Å². The summed E-state index contributed by atoms with van der Waals surface area (Å²) in [7, 11) is 1.67. The van der Waals surface area contributed by atoms with Gasteiger partial charge in [0, 0.05) is 26.0 Å². The molecule has 3 heterocycles. The van der Waals surface area contributed by atoms with Crippen LogP contribution >= 0.6 is 11.3 Å². The molecule has 8 heteroatoms. The number of aromatic nitrogens is 3. The van der Waals surface area contributed by atoms with E-state index in [0.717, 1.165) is 28.1 Å². The molecular formula is C20H23N5O2S. The molecule has 0 saturated carbocycles. The molecule has 1 aliphatic rings. The Balaban J connectivity index is 1.45. The second-order valence-electron chi connectivity index (χ2n) is 7.12. The molecule has 0 spiro atoms. The third-order valence-electron chi connectivity index (χ3n) is 5.20. The van der Waals surface area contributed by atoms with Gasteiger partial charge in [0.05, 0.1) is 22.8 Å². The quantitative estimate of drug-likeness (QED) is 0.664. The summed E-state index contributed by atoms with van der Waals surface area (Å²) in [6, 6.07) is 9.37. The van der Waals surface area contributed by atoms with E-state index in [1.54, 1.807) is 48.5 Å². The average Bonchev–Trinajstić information content (AvgIpc) is 3.46. The Morgan fingerprint density at radius 2 is 2.14 bits per heavy atom. The third kappa shape index (κ3) is 3.52. The molecule has 1 saturated heterocycles. The van der Waals surface area contributed by atoms with Crippen molar-refractivity contribution in [2.75, 3.05) is 20.1 Å². The summed E-state index contributed by atoms with van der Waals surface area (Å²) < 4.78 is 2.74. The smallest absolute Gasteiger partial charge is 0.247 e. The van der Waals surface area contributed by atoms with E-state index in [4.69, 9.17) is 4.98 Å². The number of amides is 2. The highest BCUT2D eigenvalue weighted by molar-refractivity contribution is 7.18. The molecule has 7 nitrogen and oxygen atoms in total. The maximum Gasteiger partial charge on any atom is 0.247 e. The van der Waals surface area contributed by atoms with Gasteiger partial charge in [0.1, 0.15) is 11.0 Å². The van der Waals surface area contributed by atoms with Gasteiger partial charge >= 0.3 is 0 Å². The molecule has 1 fully saturated rings. The fourth-order valence-corrected chi connectivity index (χ4v) is 4.78. The summed E-state index contributed by atoms with van der Waals surface area (Å²) in [6.45, 7) is 2.55. The minimum absolute atomic E-state index is 0.00283. The SMILES string of the molecule is CC(C(=O)N(C)CC(=O)N1CCCC1c1nc2ccccc2s1)n1cccn1. The number of likely N-dealkylation sites (N-methyl/N-ethyl adjacent to an activating group) is 1. The van der Waals surface area contributed by atoms with E-state index in [9.17, 15) is 9.59 Å². The van der Waals surface area contributed by atoms with Gasteiger partial charge in [0.15, 0.2) is 0 Å². The van der Waals surface area contributed by atoms with Gasteiger partial charge in [-0.05, 0) is 38.0 Å². The first-order valence-corrected chi connectivity index (χ1v) is 10.3. The van der Waals surface area contributed by atoms with Gasteiger partial charge in [-0.3, -0.25) is 14.3 Å². The number of rotatable bonds is 5. The van der Waals surface area contributed by atoms with Crippen molar-refractivity contribution in [2.24, 2.45) is 0 Å². The largest absolute Gasteiger partial charge is 0.335 e. The number of benzene rings is 1. The number of para-hydroxylation sites is 1. The van der Waals surface area contributed by atoms with Crippen molar-refractivity contribution in [3.8, 4) is 0 Å². The summed E-state index contributed by atoms with van der Waals surface area (Å²) in [5.41, 5.74) is 0.974. The standard InChI is InChI=1S/C20H23N5O2S/c1-14(25-12-6-10-21-25)20(27)23(2)13-18(26)24-11-5-8-16(24)19-22-15-7-3-4-9-17(15)28-19/h3-4,6-7,9-10,12,14,16H,5,8,11,13H2,1-2H3. The van der Waals surface area contributed by atoms with Crippen molar-refractivity contribution >= 4 is 33.4 Å². The number of thiazole rings is 1. The molecule has 1 aliphatic heterocycles. The normalized spacial score (nSPS) is 17.8. The van der Waals surface area contributed by atoms with Crippen LogP contribution in [0.2, 0.25) is 0 Å². The predicted molar refractivity (Wildman–Crippen MR) is 108 cm³/mol. The van der Waals surface area contributed by atoms with Gasteiger partial charge in [-0.15, -0.1) is 11.3 Å². The molecule has 4 rings (SSSR count). The third-order valence-corrected chi connectivity index (χ3v) is 6.33. The maximum atomic E-state index is 13.0. The Kier molecular flexibility index (Phi) is 5.13. The van der Waals surface area contributed by atoms with Crippen LogP contribution in [0.1, 0.15) is 36.9 Å². The van der Waals surface area contributed by atoms with Crippen LogP contribution in [0.3, 0.4) is 0 Å². The molecular weight excluding hydrogens is 374 g/mol. The fraction of sp³-hybridized carbons (Fsp3) is 0.400. The Morgan fingerprint density at radius 3 is 2.89 bits per heavy atom. The number of likely N-dealkylation sites (tertiary alicyclic amines) is 1. The zero-order valence-corrected chi connectivity index (χ0v) is 16.8. The second-order valence-corrected chi connectivity index (χ2v) is 8.18. The number of hydrogen-bond acceptors (Lipinski definition) is 5. The fourth-order valence-electron chi connectivity index (χ4n) is 3.67. The molecule has 0 aliphatic carbocycles. The van der Waals surface area contributed by atoms with E-state index in [2.05, 4.69) is 11.2 Å². The molecule has 2 amide bonds. The van der Waals surface area contributed by atoms with Gasteiger partial charge in [0.2, 0.25) is 11.8 Å². The highest BCUT2D eigenvalue weighted by Crippen LogP contribution is 2.36. The Bertz CT molecular complexity index is 951. The Labute approximate surface area is 167 Å². The molecule has 146 valence electrons. The number of carbonyl (C=O) groups excluding carboxylic acids is 2. The summed E-state index contributed by atoms with van der Waals surface area (Å²) in [5.74, 6) is -0.168. The first-order valence-electron chi connectivity index (χ1n) is 9.43. The van der Waals surface area contributed by atoms with Crippen LogP contribution in [-0.2, 0) is 9.59 Å². The van der Waals surface area contributed by atoms with Crippen molar-refractivity contribution in [3.05, 3.63) is 47.7 Å². The highest BCUT2D eigenvalue weighted by Gasteiger charge is 2.33. The minimum atomic E-state index is -0.438. The first-order chi connectivity index (χ1) is 13.5. The second kappa shape index (κ2) is 7.71. The monoisotopic (exact) mass is 397 g/mol. The lowest BCUT2D eigenvalue weighted by atomic mass is 10.2. The van der Waals surface area contributed by atoms with Crippen molar-refractivity contribution in [2.45, 2.75) is 31.8 Å². The predicted octanol–water partition coefficient (Wildman–Crippen LogP) is 2.88. The van der Waals surface area contributed by atoms with Gasteiger partial charge in [-0.25, -0.2) is 4.98 Å². The van der Waals surface area contributed by atoms with Gasteiger partial charge in [-0.2, -0.15) is 5.10 Å². The van der Waals surface area contributed by atoms with Gasteiger partial charge in [-0.1, -0.05) is 12.1 Å². The minimum Gasteiger partial charge on any atom is -0.335 e. The van der Waals surface area contributed by atoms with Crippen LogP contribution in [0, 0.1) is 0 Å². The van der Waals surface area contributed by atoms with Crippen molar-refractivity contribution < 1.29 is 9.59 Å². The molecule has 2 unspecified atom stereocenters. The Hall–Kier alpha value is -2.74. The molecule has 2 atom stereocenters. The van der Waals surface area contributed by atoms with E-state index in [-0.39, 0.29) is 24.4 Å². The number of carbonyl (C=O) groups is 2. The van der Waals surface area contributed by atoms with Crippen LogP contribution in [0.5, 0.6) is 0 Å². The summed E-state index contributed by atoms with van der Waals surface area (Å²) in [4.78, 5) is 33.7. The molecule has 0 N–H and O–H groups in total. The van der Waals surface area contributed by atoms with E-state index < -0.39 is 6.04 Å². The van der Waals surface area contributed by atoms with E-state index in [1.165, 1.54) is 4.90 Å². The van der Waals surface area contributed by atoms with Gasteiger partial charge in [0.25, 0.3) is 0 Å². The molecule has 1 aromatic carbocycles. The lowest BCUT2D eigenvalue weighted by Crippen LogP contribution is -2.42. The van der Waals surface area contributed by atoms with E-state index >= 15 is 0 Å². The molecule has 28 heavy (non-hydrogen) atoms. The molecule has 2 aromatic heterocycles. The maximum absolute atomic E-state index is 13.0. The highest BCUT2D eigenvalue weighted by atomic mass is 32.1. The molecule has 3 aromatic rings. The number of hydrogen-bond donors (Lipinski definition) is 0. The summed E-state index contributed by atoms with van der Waals surface area (Å²) in [6.07, 6.45) is 5.25. The first kappa shape index (κ1) is 18.6. The lowest BCUT2D eigenvalue weighted by Gasteiger charge is -2.27. The average molecular weight is 398 g/mol. The molecule has 0 radical (unpaired) electrons. The molecule has 0 bridgehead atoms. The number of fused-ring (bicyclic) bond motifs is 1. The van der Waals surface area contributed by atoms with E-state index in [1.807, 2.05) is 23.1 Å². The zero-order chi connectivity index (χ0) is 19.7. The van der Waals surface area contributed by atoms with Crippen LogP contribution in [0.25, 0.3) is 10.2 Å². The Morgan fingerprint density at radius 1 is 1.32 bits per heavy atom. The zero-order valence-electron chi connectivity index (χ0n) is 16.0. The number of nitrogens with zero attached hydrogens (tertiary/aromatic N) is 5. The summed E-state index contributed by atoms with van der Waals surface area (Å²) >= 11 is 1.65. The lowest BCUT2D eigenvalue weighted by molar-refractivity contribution is -0.141. The van der Waals surface area contributed by atoms with Crippen LogP contribution in [-0.4, -0.2) is 56.5 Å². The van der Waals surface area contributed by atoms with Crippen molar-refractivity contribution in [1.29, 1.82) is 0 Å². The topological polar surface area (TPSA) is 71.3 Å². The summed E-state index contributed by atoms with van der Waals surface area (Å²) in [5, 5.41) is 5.09.